The summed E-state index contributed by atoms with van der Waals surface area (Å²) >= 11 is 0. The fourth-order valence-corrected chi connectivity index (χ4v) is 3.34. The molecule has 8 heteroatoms. The maximum Gasteiger partial charge on any atom is 0.264 e. The smallest absolute Gasteiger partial charge is 0.264 e. The summed E-state index contributed by atoms with van der Waals surface area (Å²) in [7, 11) is 0. The molecule has 0 aliphatic carbocycles. The number of amides is 1. The first-order chi connectivity index (χ1) is 14.1. The van der Waals surface area contributed by atoms with E-state index in [1.54, 1.807) is 4.90 Å². The fraction of sp³-hybridized carbons (Fsp3) is 0.286. The summed E-state index contributed by atoms with van der Waals surface area (Å²) in [6.45, 7) is 1.08. The molecule has 1 amide bonds. The number of piperidine rings is 1. The Morgan fingerprint density at radius 2 is 2.00 bits per heavy atom. The number of carbonyl (C=O) groups is 1. The maximum absolute atomic E-state index is 13.5. The lowest BCUT2D eigenvalue weighted by Gasteiger charge is -2.31. The van der Waals surface area contributed by atoms with Crippen molar-refractivity contribution < 1.29 is 22.8 Å². The highest BCUT2D eigenvalue weighted by Gasteiger charge is 2.29. The molecule has 150 valence electrons. The summed E-state index contributed by atoms with van der Waals surface area (Å²) in [6, 6.07) is 12.5. The number of para-hydroxylation sites is 1. The molecule has 1 unspecified atom stereocenters. The van der Waals surface area contributed by atoms with Crippen LogP contribution in [0.25, 0.3) is 0 Å². The third-order valence-electron chi connectivity index (χ3n) is 4.83. The minimum Gasteiger partial charge on any atom is -0.484 e. The van der Waals surface area contributed by atoms with Gasteiger partial charge in [0.05, 0.1) is 0 Å². The number of hydrogen-bond acceptors (Lipinski definition) is 5. The number of carbonyl (C=O) groups excluding carboxylic acids is 1. The number of nitrogens with zero attached hydrogens (tertiary/aromatic N) is 3. The van der Waals surface area contributed by atoms with Gasteiger partial charge in [0.15, 0.2) is 24.1 Å². The summed E-state index contributed by atoms with van der Waals surface area (Å²) in [6.07, 6.45) is 1.56. The number of rotatable bonds is 5. The monoisotopic (exact) mass is 399 g/mol. The van der Waals surface area contributed by atoms with Crippen LogP contribution in [-0.2, 0) is 6.61 Å². The standard InChI is InChI=1S/C21H19F2N3O3/c22-17-9-8-14(11-18(17)23)21(27)26-10-4-5-15(12-26)20-24-19(29-25-20)13-28-16-6-2-1-3-7-16/h1-3,6-9,11,15H,4-5,10,12-13H2. The summed E-state index contributed by atoms with van der Waals surface area (Å²) in [4.78, 5) is 18.7. The second kappa shape index (κ2) is 8.38. The van der Waals surface area contributed by atoms with E-state index in [4.69, 9.17) is 9.26 Å². The first-order valence-electron chi connectivity index (χ1n) is 9.35. The summed E-state index contributed by atoms with van der Waals surface area (Å²) in [5.74, 6) is -0.877. The lowest BCUT2D eigenvalue weighted by molar-refractivity contribution is 0.0703. The van der Waals surface area contributed by atoms with E-state index in [1.165, 1.54) is 6.07 Å². The van der Waals surface area contributed by atoms with E-state index in [0.717, 1.165) is 25.0 Å². The summed E-state index contributed by atoms with van der Waals surface area (Å²) in [5, 5.41) is 4.03. The first-order valence-corrected chi connectivity index (χ1v) is 9.35. The average Bonchev–Trinajstić information content (AvgIpc) is 3.24. The van der Waals surface area contributed by atoms with Gasteiger partial charge in [0.1, 0.15) is 5.75 Å². The molecule has 0 bridgehead atoms. The summed E-state index contributed by atoms with van der Waals surface area (Å²) in [5.41, 5.74) is 0.120. The van der Waals surface area contributed by atoms with Crippen molar-refractivity contribution in [1.29, 1.82) is 0 Å². The molecular formula is C21H19F2N3O3. The van der Waals surface area contributed by atoms with Gasteiger partial charge in [-0.25, -0.2) is 8.78 Å². The van der Waals surface area contributed by atoms with Crippen molar-refractivity contribution in [3.05, 3.63) is 77.4 Å². The Hall–Kier alpha value is -3.29. The van der Waals surface area contributed by atoms with Crippen LogP contribution < -0.4 is 4.74 Å². The van der Waals surface area contributed by atoms with Gasteiger partial charge >= 0.3 is 0 Å². The van der Waals surface area contributed by atoms with E-state index < -0.39 is 11.6 Å². The topological polar surface area (TPSA) is 68.5 Å². The number of likely N-dealkylation sites (tertiary alicyclic amines) is 1. The zero-order chi connectivity index (χ0) is 20.2. The van der Waals surface area contributed by atoms with E-state index >= 15 is 0 Å². The minimum atomic E-state index is -1.04. The van der Waals surface area contributed by atoms with Gasteiger partial charge in [-0.15, -0.1) is 0 Å². The zero-order valence-corrected chi connectivity index (χ0v) is 15.6. The first kappa shape index (κ1) is 19.0. The Morgan fingerprint density at radius 3 is 2.79 bits per heavy atom. The molecule has 0 saturated carbocycles. The van der Waals surface area contributed by atoms with Crippen molar-refractivity contribution in [1.82, 2.24) is 15.0 Å². The number of halogens is 2. The van der Waals surface area contributed by atoms with E-state index in [2.05, 4.69) is 10.1 Å². The second-order valence-electron chi connectivity index (χ2n) is 6.87. The quantitative estimate of drug-likeness (QED) is 0.650. The minimum absolute atomic E-state index is 0.0905. The average molecular weight is 399 g/mol. The lowest BCUT2D eigenvalue weighted by atomic mass is 9.96. The highest BCUT2D eigenvalue weighted by Crippen LogP contribution is 2.26. The molecule has 2 heterocycles. The Balaban J connectivity index is 1.40. The van der Waals surface area contributed by atoms with Crippen LogP contribution in [0.1, 0.15) is 40.8 Å². The SMILES string of the molecule is O=C(c1ccc(F)c(F)c1)N1CCCC(c2noc(COc3ccccc3)n2)C1. The van der Waals surface area contributed by atoms with Crippen LogP contribution in [0.2, 0.25) is 0 Å². The lowest BCUT2D eigenvalue weighted by Crippen LogP contribution is -2.39. The van der Waals surface area contributed by atoms with Gasteiger partial charge in [0.25, 0.3) is 11.8 Å². The van der Waals surface area contributed by atoms with Crippen molar-refractivity contribution in [2.75, 3.05) is 13.1 Å². The van der Waals surface area contributed by atoms with E-state index in [9.17, 15) is 13.6 Å². The maximum atomic E-state index is 13.5. The van der Waals surface area contributed by atoms with E-state index in [-0.39, 0.29) is 24.0 Å². The molecule has 6 nitrogen and oxygen atoms in total. The van der Waals surface area contributed by atoms with Crippen molar-refractivity contribution in [2.24, 2.45) is 0 Å². The Bertz CT molecular complexity index is 994. The second-order valence-corrected chi connectivity index (χ2v) is 6.87. The molecule has 1 fully saturated rings. The van der Waals surface area contributed by atoms with Crippen LogP contribution >= 0.6 is 0 Å². The van der Waals surface area contributed by atoms with Crippen LogP contribution in [-0.4, -0.2) is 34.0 Å². The van der Waals surface area contributed by atoms with Crippen molar-refractivity contribution >= 4 is 5.91 Å². The van der Waals surface area contributed by atoms with Gasteiger partial charge in [-0.05, 0) is 43.2 Å². The molecule has 1 aliphatic rings. The van der Waals surface area contributed by atoms with Gasteiger partial charge in [-0.1, -0.05) is 23.4 Å². The molecule has 1 saturated heterocycles. The van der Waals surface area contributed by atoms with Crippen molar-refractivity contribution in [2.45, 2.75) is 25.4 Å². The predicted octanol–water partition coefficient (Wildman–Crippen LogP) is 3.95. The summed E-state index contributed by atoms with van der Waals surface area (Å²) < 4.78 is 37.5. The number of benzene rings is 2. The predicted molar refractivity (Wildman–Crippen MR) is 99.3 cm³/mol. The fourth-order valence-electron chi connectivity index (χ4n) is 3.34. The molecule has 2 aromatic carbocycles. The van der Waals surface area contributed by atoms with Crippen LogP contribution in [0.3, 0.4) is 0 Å². The van der Waals surface area contributed by atoms with Gasteiger partial charge < -0.3 is 14.2 Å². The van der Waals surface area contributed by atoms with Crippen LogP contribution in [0.15, 0.2) is 53.1 Å². The number of aromatic nitrogens is 2. The molecule has 4 rings (SSSR count). The van der Waals surface area contributed by atoms with Crippen LogP contribution in [0.5, 0.6) is 5.75 Å². The zero-order valence-electron chi connectivity index (χ0n) is 15.6. The molecular weight excluding hydrogens is 380 g/mol. The molecule has 0 radical (unpaired) electrons. The number of hydrogen-bond donors (Lipinski definition) is 0. The Kier molecular flexibility index (Phi) is 5.50. The van der Waals surface area contributed by atoms with Crippen LogP contribution in [0.4, 0.5) is 8.78 Å². The van der Waals surface area contributed by atoms with Gasteiger partial charge in [0, 0.05) is 24.6 Å². The van der Waals surface area contributed by atoms with Gasteiger partial charge in [0.2, 0.25) is 0 Å². The highest BCUT2D eigenvalue weighted by molar-refractivity contribution is 5.94. The molecule has 1 aromatic heterocycles. The third-order valence-corrected chi connectivity index (χ3v) is 4.83. The number of ether oxygens (including phenoxy) is 1. The van der Waals surface area contributed by atoms with E-state index in [1.807, 2.05) is 30.3 Å². The van der Waals surface area contributed by atoms with E-state index in [0.29, 0.717) is 30.6 Å². The highest BCUT2D eigenvalue weighted by atomic mass is 19.2. The Labute approximate surface area is 166 Å². The van der Waals surface area contributed by atoms with Crippen molar-refractivity contribution in [3.63, 3.8) is 0 Å². The normalized spacial score (nSPS) is 16.6. The van der Waals surface area contributed by atoms with Crippen molar-refractivity contribution in [3.8, 4) is 5.75 Å². The van der Waals surface area contributed by atoms with Crippen LogP contribution in [0, 0.1) is 11.6 Å². The molecule has 0 N–H and O–H groups in total. The molecule has 3 aromatic rings. The molecule has 1 aliphatic heterocycles. The molecule has 1 atom stereocenters. The van der Waals surface area contributed by atoms with Gasteiger partial charge in [-0.3, -0.25) is 4.79 Å². The Morgan fingerprint density at radius 1 is 1.17 bits per heavy atom. The third kappa shape index (κ3) is 4.42. The molecule has 29 heavy (non-hydrogen) atoms. The molecule has 0 spiro atoms. The largest absolute Gasteiger partial charge is 0.484 e. The van der Waals surface area contributed by atoms with Gasteiger partial charge in [-0.2, -0.15) is 4.98 Å².